The topological polar surface area (TPSA) is 46.3 Å². The molecule has 1 rings (SSSR count). The highest BCUT2D eigenvalue weighted by Crippen LogP contribution is 2.21. The SMILES string of the molecule is Cc1nc(C)c(C(O)Cl)o1. The Hall–Kier alpha value is -0.540. The van der Waals surface area contributed by atoms with Crippen LogP contribution in [0.4, 0.5) is 0 Å². The molecule has 0 amide bonds. The summed E-state index contributed by atoms with van der Waals surface area (Å²) < 4.78 is 4.98. The normalized spacial score (nSPS) is 13.6. The maximum Gasteiger partial charge on any atom is 0.191 e. The molecule has 1 N–H and O–H groups in total. The van der Waals surface area contributed by atoms with E-state index in [1.807, 2.05) is 0 Å². The number of alkyl halides is 1. The molecule has 0 fully saturated rings. The highest BCUT2D eigenvalue weighted by molar-refractivity contribution is 6.19. The third-order valence-corrected chi connectivity index (χ3v) is 1.35. The molecule has 1 unspecified atom stereocenters. The first kappa shape index (κ1) is 7.57. The Labute approximate surface area is 63.6 Å². The fourth-order valence-corrected chi connectivity index (χ4v) is 0.971. The van der Waals surface area contributed by atoms with Crippen LogP contribution in [0.3, 0.4) is 0 Å². The molecule has 1 heterocycles. The van der Waals surface area contributed by atoms with Crippen molar-refractivity contribution in [1.29, 1.82) is 0 Å². The van der Waals surface area contributed by atoms with Gasteiger partial charge in [0.2, 0.25) is 0 Å². The summed E-state index contributed by atoms with van der Waals surface area (Å²) >= 11 is 5.34. The second-order valence-corrected chi connectivity index (χ2v) is 2.43. The number of aromatic nitrogens is 1. The number of halogens is 1. The molecule has 10 heavy (non-hydrogen) atoms. The zero-order valence-electron chi connectivity index (χ0n) is 5.76. The summed E-state index contributed by atoms with van der Waals surface area (Å²) in [5.41, 5.74) is -0.443. The van der Waals surface area contributed by atoms with Gasteiger partial charge >= 0.3 is 0 Å². The van der Waals surface area contributed by atoms with Crippen LogP contribution < -0.4 is 0 Å². The highest BCUT2D eigenvalue weighted by Gasteiger charge is 2.12. The van der Waals surface area contributed by atoms with Crippen molar-refractivity contribution in [2.75, 3.05) is 0 Å². The molecule has 4 heteroatoms. The van der Waals surface area contributed by atoms with Gasteiger partial charge in [0.25, 0.3) is 0 Å². The summed E-state index contributed by atoms with van der Waals surface area (Å²) in [6, 6.07) is 0. The number of rotatable bonds is 1. The van der Waals surface area contributed by atoms with Crippen molar-refractivity contribution < 1.29 is 9.52 Å². The molecule has 56 valence electrons. The average Bonchev–Trinajstić information content (AvgIpc) is 2.10. The smallest absolute Gasteiger partial charge is 0.191 e. The van der Waals surface area contributed by atoms with E-state index < -0.39 is 5.56 Å². The minimum atomic E-state index is -1.08. The summed E-state index contributed by atoms with van der Waals surface area (Å²) in [4.78, 5) is 3.92. The molecule has 0 bridgehead atoms. The van der Waals surface area contributed by atoms with Crippen LogP contribution in [0.1, 0.15) is 22.9 Å². The molecule has 0 aliphatic heterocycles. The molecule has 0 spiro atoms. The van der Waals surface area contributed by atoms with Crippen LogP contribution in [-0.2, 0) is 0 Å². The number of aliphatic hydroxyl groups excluding tert-OH is 1. The molecule has 0 aliphatic carbocycles. The van der Waals surface area contributed by atoms with Gasteiger partial charge in [-0.05, 0) is 6.92 Å². The van der Waals surface area contributed by atoms with Crippen molar-refractivity contribution in [3.05, 3.63) is 17.3 Å². The fourth-order valence-electron chi connectivity index (χ4n) is 0.768. The minimum Gasteiger partial charge on any atom is -0.442 e. The van der Waals surface area contributed by atoms with Crippen LogP contribution in [0, 0.1) is 13.8 Å². The number of nitrogens with zero attached hydrogens (tertiary/aromatic N) is 1. The Morgan fingerprint density at radius 2 is 2.20 bits per heavy atom. The monoisotopic (exact) mass is 161 g/mol. The van der Waals surface area contributed by atoms with Crippen LogP contribution in [-0.4, -0.2) is 10.1 Å². The van der Waals surface area contributed by atoms with Crippen LogP contribution >= 0.6 is 11.6 Å². The second kappa shape index (κ2) is 2.60. The van der Waals surface area contributed by atoms with Gasteiger partial charge in [-0.25, -0.2) is 4.98 Å². The Morgan fingerprint density at radius 1 is 1.60 bits per heavy atom. The Kier molecular flexibility index (Phi) is 1.97. The Bertz CT molecular complexity index is 232. The fraction of sp³-hybridized carbons (Fsp3) is 0.500. The van der Waals surface area contributed by atoms with Gasteiger partial charge in [-0.3, -0.25) is 0 Å². The number of hydrogen-bond acceptors (Lipinski definition) is 3. The van der Waals surface area contributed by atoms with Crippen molar-refractivity contribution in [3.8, 4) is 0 Å². The summed E-state index contributed by atoms with van der Waals surface area (Å²) in [5, 5.41) is 8.85. The van der Waals surface area contributed by atoms with Crippen molar-refractivity contribution in [2.45, 2.75) is 19.4 Å². The molecular formula is C6H8ClNO2. The van der Waals surface area contributed by atoms with Crippen LogP contribution in [0.15, 0.2) is 4.42 Å². The molecule has 1 aromatic rings. The van der Waals surface area contributed by atoms with Crippen molar-refractivity contribution in [3.63, 3.8) is 0 Å². The first-order chi connectivity index (χ1) is 4.61. The predicted octanol–water partition coefficient (Wildman–Crippen LogP) is 1.52. The Balaban J connectivity index is 3.03. The molecule has 1 atom stereocenters. The van der Waals surface area contributed by atoms with E-state index in [0.717, 1.165) is 0 Å². The van der Waals surface area contributed by atoms with Gasteiger partial charge in [0, 0.05) is 6.92 Å². The van der Waals surface area contributed by atoms with Crippen molar-refractivity contribution in [2.24, 2.45) is 0 Å². The molecule has 0 aliphatic rings. The van der Waals surface area contributed by atoms with Crippen LogP contribution in [0.2, 0.25) is 0 Å². The predicted molar refractivity (Wildman–Crippen MR) is 36.8 cm³/mol. The maximum absolute atomic E-state index is 8.85. The van der Waals surface area contributed by atoms with Crippen molar-refractivity contribution in [1.82, 2.24) is 4.98 Å². The number of oxazole rings is 1. The second-order valence-electron chi connectivity index (χ2n) is 2.02. The van der Waals surface area contributed by atoms with Gasteiger partial charge in [0.1, 0.15) is 0 Å². The quantitative estimate of drug-likeness (QED) is 0.636. The molecule has 1 aromatic heterocycles. The standard InChI is InChI=1S/C6H8ClNO2/c1-3-5(6(7)9)10-4(2)8-3/h6,9H,1-2H3. The molecule has 0 radical (unpaired) electrons. The summed E-state index contributed by atoms with van der Waals surface area (Å²) in [7, 11) is 0. The van der Waals surface area contributed by atoms with Crippen LogP contribution in [0.5, 0.6) is 0 Å². The molecular weight excluding hydrogens is 154 g/mol. The average molecular weight is 162 g/mol. The summed E-state index contributed by atoms with van der Waals surface area (Å²) in [6.07, 6.45) is 0. The maximum atomic E-state index is 8.85. The van der Waals surface area contributed by atoms with Gasteiger partial charge in [0.15, 0.2) is 17.2 Å². The molecule has 0 aromatic carbocycles. The lowest BCUT2D eigenvalue weighted by molar-refractivity contribution is 0.226. The van der Waals surface area contributed by atoms with Gasteiger partial charge in [0.05, 0.1) is 5.69 Å². The van der Waals surface area contributed by atoms with Gasteiger partial charge in [-0.2, -0.15) is 0 Å². The molecule has 0 saturated heterocycles. The minimum absolute atomic E-state index is 0.333. The van der Waals surface area contributed by atoms with Crippen LogP contribution in [0.25, 0.3) is 0 Å². The highest BCUT2D eigenvalue weighted by atomic mass is 35.5. The zero-order chi connectivity index (χ0) is 7.72. The number of aliphatic hydroxyl groups is 1. The van der Waals surface area contributed by atoms with E-state index in [1.54, 1.807) is 13.8 Å². The lowest BCUT2D eigenvalue weighted by atomic mass is 10.4. The van der Waals surface area contributed by atoms with E-state index in [0.29, 0.717) is 17.3 Å². The Morgan fingerprint density at radius 3 is 2.40 bits per heavy atom. The lowest BCUT2D eigenvalue weighted by Gasteiger charge is -1.94. The zero-order valence-corrected chi connectivity index (χ0v) is 6.51. The first-order valence-electron chi connectivity index (χ1n) is 2.87. The number of aryl methyl sites for hydroxylation is 2. The molecule has 3 nitrogen and oxygen atoms in total. The van der Waals surface area contributed by atoms with Gasteiger partial charge < -0.3 is 9.52 Å². The summed E-state index contributed by atoms with van der Waals surface area (Å²) in [5.74, 6) is 0.853. The molecule has 0 saturated carbocycles. The van der Waals surface area contributed by atoms with E-state index in [4.69, 9.17) is 21.1 Å². The van der Waals surface area contributed by atoms with E-state index in [-0.39, 0.29) is 0 Å². The van der Waals surface area contributed by atoms with E-state index in [9.17, 15) is 0 Å². The van der Waals surface area contributed by atoms with E-state index in [2.05, 4.69) is 4.98 Å². The van der Waals surface area contributed by atoms with Gasteiger partial charge in [-0.15, -0.1) is 0 Å². The van der Waals surface area contributed by atoms with E-state index >= 15 is 0 Å². The third-order valence-electron chi connectivity index (χ3n) is 1.16. The summed E-state index contributed by atoms with van der Waals surface area (Å²) in [6.45, 7) is 3.44. The lowest BCUT2D eigenvalue weighted by Crippen LogP contribution is -1.86. The largest absolute Gasteiger partial charge is 0.442 e. The first-order valence-corrected chi connectivity index (χ1v) is 3.31. The van der Waals surface area contributed by atoms with Gasteiger partial charge in [-0.1, -0.05) is 11.6 Å². The van der Waals surface area contributed by atoms with Crippen molar-refractivity contribution >= 4 is 11.6 Å². The number of hydrogen-bond donors (Lipinski definition) is 1. The van der Waals surface area contributed by atoms with E-state index in [1.165, 1.54) is 0 Å². The third kappa shape index (κ3) is 1.30.